The summed E-state index contributed by atoms with van der Waals surface area (Å²) in [6.45, 7) is 3.62. The molecule has 1 fully saturated rings. The molecule has 1 aliphatic heterocycles. The number of nitrogens with one attached hydrogen (secondary N) is 1. The number of rotatable bonds is 56. The third kappa shape index (κ3) is 51.3. The van der Waals surface area contributed by atoms with Crippen LogP contribution in [0.4, 0.5) is 0 Å². The van der Waals surface area contributed by atoms with Gasteiger partial charge in [0.15, 0.2) is 6.29 Å². The first-order valence-corrected chi connectivity index (χ1v) is 34.0. The van der Waals surface area contributed by atoms with Gasteiger partial charge >= 0.3 is 0 Å². The third-order valence-corrected chi connectivity index (χ3v) is 14.7. The summed E-state index contributed by atoms with van der Waals surface area (Å²) >= 11 is 0. The highest BCUT2D eigenvalue weighted by Crippen LogP contribution is 2.23. The van der Waals surface area contributed by atoms with Crippen molar-refractivity contribution in [1.82, 2.24) is 5.32 Å². The topological polar surface area (TPSA) is 149 Å². The third-order valence-electron chi connectivity index (χ3n) is 14.7. The Bertz CT molecular complexity index is 2010. The zero-order valence-electron chi connectivity index (χ0n) is 54.0. The van der Waals surface area contributed by atoms with Gasteiger partial charge in [0.1, 0.15) is 24.4 Å². The minimum Gasteiger partial charge on any atom is -0.394 e. The molecule has 484 valence electrons. The van der Waals surface area contributed by atoms with E-state index < -0.39 is 49.5 Å². The minimum atomic E-state index is -1.60. The van der Waals surface area contributed by atoms with Crippen LogP contribution in [0.2, 0.25) is 0 Å². The Labute approximate surface area is 525 Å². The van der Waals surface area contributed by atoms with Crippen LogP contribution in [0.1, 0.15) is 239 Å². The van der Waals surface area contributed by atoms with Gasteiger partial charge < -0.3 is 40.3 Å². The van der Waals surface area contributed by atoms with Gasteiger partial charge in [-0.05, 0) is 135 Å². The Hall–Kier alpha value is -4.71. The molecule has 9 nitrogen and oxygen atoms in total. The lowest BCUT2D eigenvalue weighted by Crippen LogP contribution is -2.60. The number of ether oxygens (including phenoxy) is 2. The molecule has 0 radical (unpaired) electrons. The van der Waals surface area contributed by atoms with E-state index in [9.17, 15) is 30.3 Å². The standard InChI is InChI=1S/C77H123NO8/c1-3-5-7-9-11-13-15-17-19-21-23-25-27-29-30-31-32-33-34-35-36-37-38-39-40-41-42-43-45-47-49-51-53-55-57-59-61-63-65-67-73(81)78-70(69-85-77-76(84)75(83)74(82)72(68-79)86-77)71(80)66-64-62-60-58-56-54-52-50-48-46-44-28-26-24-22-20-18-16-14-12-10-8-6-4-2/h5,7,11,13,17,19,23,25,29-30,32-33,35-36,38-39,41-42,45,47-48,50-51,53,56-59,64,66,70-72,74-77,79-80,82-84H,3-4,6,8-10,12,14-16,18,20-22,24,26-28,31,34,37,40,43-44,46,49,52,54-55,60-63,65,67-69H2,1-2H3,(H,78,81)/b7-5-,13-11-,19-17-,25-23-,30-29-,33-32-,36-35-,39-38-,42-41-,47-45-,50-48+,53-51-,58-56+,59-57-,66-64+. The van der Waals surface area contributed by atoms with Crippen molar-refractivity contribution >= 4 is 5.91 Å². The molecule has 7 atom stereocenters. The number of aliphatic hydroxyl groups is 5. The number of amides is 1. The zero-order valence-corrected chi connectivity index (χ0v) is 54.0. The average Bonchev–Trinajstić information content (AvgIpc) is 3.55. The Morgan fingerprint density at radius 2 is 0.733 bits per heavy atom. The second kappa shape index (κ2) is 63.3. The van der Waals surface area contributed by atoms with Gasteiger partial charge in [0.25, 0.3) is 0 Å². The highest BCUT2D eigenvalue weighted by Gasteiger charge is 2.44. The fourth-order valence-corrected chi connectivity index (χ4v) is 9.40. The molecular weight excluding hydrogens is 1070 g/mol. The van der Waals surface area contributed by atoms with Gasteiger partial charge in [0.05, 0.1) is 25.4 Å². The number of allylic oxidation sites excluding steroid dienone is 29. The molecule has 1 saturated heterocycles. The Kier molecular flexibility index (Phi) is 58.4. The molecule has 7 unspecified atom stereocenters. The molecule has 9 heteroatoms. The monoisotopic (exact) mass is 1190 g/mol. The van der Waals surface area contributed by atoms with Gasteiger partial charge in [0, 0.05) is 6.42 Å². The first kappa shape index (κ1) is 79.3. The number of carbonyl (C=O) groups is 1. The van der Waals surface area contributed by atoms with E-state index in [4.69, 9.17) is 9.47 Å². The van der Waals surface area contributed by atoms with Crippen LogP contribution >= 0.6 is 0 Å². The van der Waals surface area contributed by atoms with Crippen molar-refractivity contribution in [3.8, 4) is 0 Å². The first-order chi connectivity index (χ1) is 42.3. The lowest BCUT2D eigenvalue weighted by molar-refractivity contribution is -0.302. The fourth-order valence-electron chi connectivity index (χ4n) is 9.40. The Morgan fingerprint density at radius 1 is 0.407 bits per heavy atom. The summed E-state index contributed by atoms with van der Waals surface area (Å²) in [5.41, 5.74) is 0. The number of hydrogen-bond donors (Lipinski definition) is 6. The predicted molar refractivity (Wildman–Crippen MR) is 368 cm³/mol. The minimum absolute atomic E-state index is 0.236. The summed E-state index contributed by atoms with van der Waals surface area (Å²) in [6.07, 6.45) is 95.5. The van der Waals surface area contributed by atoms with Crippen molar-refractivity contribution < 1.29 is 39.8 Å². The zero-order chi connectivity index (χ0) is 62.1. The summed E-state index contributed by atoms with van der Waals surface area (Å²) in [6, 6.07) is -0.867. The van der Waals surface area contributed by atoms with E-state index in [2.05, 4.69) is 189 Å². The van der Waals surface area contributed by atoms with Crippen molar-refractivity contribution in [2.75, 3.05) is 13.2 Å². The number of aliphatic hydroxyl groups excluding tert-OH is 5. The average molecular weight is 1190 g/mol. The fraction of sp³-hybridized carbons (Fsp3) is 0.597. The van der Waals surface area contributed by atoms with Crippen LogP contribution < -0.4 is 5.32 Å². The predicted octanol–water partition coefficient (Wildman–Crippen LogP) is 18.7. The van der Waals surface area contributed by atoms with Crippen LogP contribution in [-0.2, 0) is 14.3 Å². The van der Waals surface area contributed by atoms with Gasteiger partial charge in [-0.2, -0.15) is 0 Å². The van der Waals surface area contributed by atoms with Crippen LogP contribution in [0.3, 0.4) is 0 Å². The second-order valence-corrected chi connectivity index (χ2v) is 22.5. The van der Waals surface area contributed by atoms with E-state index in [1.165, 1.54) is 89.9 Å². The van der Waals surface area contributed by atoms with E-state index in [1.54, 1.807) is 6.08 Å². The largest absolute Gasteiger partial charge is 0.394 e. The summed E-state index contributed by atoms with van der Waals surface area (Å²) in [5.74, 6) is -0.240. The Balaban J connectivity index is 2.26. The maximum Gasteiger partial charge on any atom is 0.220 e. The van der Waals surface area contributed by atoms with Crippen LogP contribution in [0, 0.1) is 0 Å². The Morgan fingerprint density at radius 3 is 1.12 bits per heavy atom. The number of carbonyl (C=O) groups excluding carboxylic acids is 1. The molecule has 6 N–H and O–H groups in total. The molecule has 1 amide bonds. The molecule has 0 aliphatic carbocycles. The quantitative estimate of drug-likeness (QED) is 0.0261. The van der Waals surface area contributed by atoms with Crippen molar-refractivity contribution in [1.29, 1.82) is 0 Å². The molecule has 0 aromatic rings. The summed E-state index contributed by atoms with van der Waals surface area (Å²) in [4.78, 5) is 13.1. The van der Waals surface area contributed by atoms with Crippen LogP contribution in [0.25, 0.3) is 0 Å². The molecule has 0 aromatic heterocycles. The van der Waals surface area contributed by atoms with Crippen molar-refractivity contribution in [3.05, 3.63) is 182 Å². The van der Waals surface area contributed by atoms with Crippen molar-refractivity contribution in [2.24, 2.45) is 0 Å². The molecule has 1 heterocycles. The SMILES string of the molecule is CC/C=C\C/C=C\C/C=C\C/C=C\C/C=C\C/C=C\C/C=C\C/C=C\C/C=C\C/C=C\C/C=C\C/C=C\CCCCC(=O)NC(COC1OC(CO)C(O)C(O)C1O)C(O)/C=C/CC/C=C/CC/C=C/CCCCCCCCCCCCCCCC. The first-order valence-electron chi connectivity index (χ1n) is 34.0. The van der Waals surface area contributed by atoms with E-state index in [0.717, 1.165) is 116 Å². The number of unbranched alkanes of at least 4 members (excludes halogenated alkanes) is 18. The molecule has 86 heavy (non-hydrogen) atoms. The maximum absolute atomic E-state index is 13.1. The van der Waals surface area contributed by atoms with Gasteiger partial charge in [-0.3, -0.25) is 4.79 Å². The van der Waals surface area contributed by atoms with Gasteiger partial charge in [0.2, 0.25) is 5.91 Å². The van der Waals surface area contributed by atoms with E-state index in [1.807, 2.05) is 6.08 Å². The van der Waals surface area contributed by atoms with E-state index in [-0.39, 0.29) is 18.9 Å². The molecule has 1 rings (SSSR count). The van der Waals surface area contributed by atoms with Crippen LogP contribution in [0.5, 0.6) is 0 Å². The maximum atomic E-state index is 13.1. The van der Waals surface area contributed by atoms with Gasteiger partial charge in [-0.1, -0.05) is 280 Å². The molecule has 0 bridgehead atoms. The lowest BCUT2D eigenvalue weighted by atomic mass is 9.99. The second-order valence-electron chi connectivity index (χ2n) is 22.5. The van der Waals surface area contributed by atoms with Gasteiger partial charge in [-0.15, -0.1) is 0 Å². The summed E-state index contributed by atoms with van der Waals surface area (Å²) in [5, 5.41) is 54.6. The normalized spacial score (nSPS) is 19.3. The van der Waals surface area contributed by atoms with Gasteiger partial charge in [-0.25, -0.2) is 0 Å². The van der Waals surface area contributed by atoms with Crippen LogP contribution in [-0.4, -0.2) is 87.5 Å². The van der Waals surface area contributed by atoms with Crippen LogP contribution in [0.15, 0.2) is 182 Å². The van der Waals surface area contributed by atoms with E-state index >= 15 is 0 Å². The highest BCUT2D eigenvalue weighted by atomic mass is 16.7. The van der Waals surface area contributed by atoms with Crippen molar-refractivity contribution in [2.45, 2.75) is 281 Å². The van der Waals surface area contributed by atoms with Crippen molar-refractivity contribution in [3.63, 3.8) is 0 Å². The lowest BCUT2D eigenvalue weighted by Gasteiger charge is -2.40. The summed E-state index contributed by atoms with van der Waals surface area (Å²) < 4.78 is 11.3. The number of hydrogen-bond acceptors (Lipinski definition) is 8. The smallest absolute Gasteiger partial charge is 0.220 e. The molecule has 0 saturated carbocycles. The molecular formula is C77H123NO8. The molecule has 1 aliphatic rings. The highest BCUT2D eigenvalue weighted by molar-refractivity contribution is 5.76. The van der Waals surface area contributed by atoms with E-state index in [0.29, 0.717) is 12.8 Å². The molecule has 0 aromatic carbocycles. The summed E-state index contributed by atoms with van der Waals surface area (Å²) in [7, 11) is 0. The molecule has 0 spiro atoms.